The van der Waals surface area contributed by atoms with E-state index in [4.69, 9.17) is 4.74 Å². The van der Waals surface area contributed by atoms with Crippen LogP contribution in [0.25, 0.3) is 0 Å². The summed E-state index contributed by atoms with van der Waals surface area (Å²) in [5, 5.41) is 9.20. The molecule has 1 amide bonds. The van der Waals surface area contributed by atoms with Crippen molar-refractivity contribution in [2.75, 3.05) is 57.9 Å². The number of carbonyl (C=O) groups excluding carboxylic acids is 1. The van der Waals surface area contributed by atoms with Gasteiger partial charge in [0.1, 0.15) is 6.54 Å². The predicted octanol–water partition coefficient (Wildman–Crippen LogP) is 1.84. The number of nitrogens with zero attached hydrogens (tertiary/aromatic N) is 2. The van der Waals surface area contributed by atoms with Crippen molar-refractivity contribution in [3.63, 3.8) is 0 Å². The second-order valence-corrected chi connectivity index (χ2v) is 5.73. The number of hydrogen-bond acceptors (Lipinski definition) is 4. The van der Waals surface area contributed by atoms with Gasteiger partial charge in [-0.05, 0) is 32.4 Å². The fourth-order valence-electron chi connectivity index (χ4n) is 2.43. The van der Waals surface area contributed by atoms with Crippen LogP contribution in [-0.2, 0) is 9.53 Å². The van der Waals surface area contributed by atoms with E-state index in [1.807, 2.05) is 13.0 Å². The highest BCUT2D eigenvalue weighted by molar-refractivity contribution is 14.0. The minimum Gasteiger partial charge on any atom is -0.383 e. The lowest BCUT2D eigenvalue weighted by Crippen LogP contribution is -2.40. The minimum absolute atomic E-state index is 0. The number of anilines is 1. The molecule has 0 aliphatic heterocycles. The number of ether oxygens (including phenoxy) is 1. The van der Waals surface area contributed by atoms with Gasteiger partial charge in [0, 0.05) is 45.5 Å². The number of halogens is 1. The molecule has 0 heterocycles. The van der Waals surface area contributed by atoms with E-state index in [-0.39, 0.29) is 36.4 Å². The van der Waals surface area contributed by atoms with Crippen LogP contribution in [0.1, 0.15) is 20.3 Å². The SMILES string of the molecule is CCNC(=NCC(=O)NCCOC)NCCCN(CC)c1ccccc1.I. The fourth-order valence-corrected chi connectivity index (χ4v) is 2.43. The average molecular weight is 491 g/mol. The topological polar surface area (TPSA) is 78.0 Å². The summed E-state index contributed by atoms with van der Waals surface area (Å²) in [7, 11) is 1.61. The van der Waals surface area contributed by atoms with E-state index in [1.54, 1.807) is 7.11 Å². The van der Waals surface area contributed by atoms with E-state index in [2.05, 4.69) is 57.0 Å². The van der Waals surface area contributed by atoms with Crippen LogP contribution in [-0.4, -0.2) is 64.9 Å². The molecule has 0 aliphatic carbocycles. The van der Waals surface area contributed by atoms with Crippen LogP contribution in [0.2, 0.25) is 0 Å². The first kappa shape index (κ1) is 25.4. The number of rotatable bonds is 12. The summed E-state index contributed by atoms with van der Waals surface area (Å²) < 4.78 is 4.90. The van der Waals surface area contributed by atoms with Gasteiger partial charge in [-0.25, -0.2) is 4.99 Å². The number of nitrogens with one attached hydrogen (secondary N) is 3. The van der Waals surface area contributed by atoms with E-state index in [0.29, 0.717) is 19.1 Å². The maximum absolute atomic E-state index is 11.7. The molecule has 0 unspecified atom stereocenters. The van der Waals surface area contributed by atoms with E-state index >= 15 is 0 Å². The summed E-state index contributed by atoms with van der Waals surface area (Å²) in [6.45, 7) is 8.75. The third-order valence-corrected chi connectivity index (χ3v) is 3.75. The fraction of sp³-hybridized carbons (Fsp3) is 0.579. The Labute approximate surface area is 180 Å². The van der Waals surface area contributed by atoms with Gasteiger partial charge in [0.25, 0.3) is 0 Å². The molecule has 0 bridgehead atoms. The molecule has 0 atom stereocenters. The number of methoxy groups -OCH3 is 1. The molecular weight excluding hydrogens is 457 g/mol. The third kappa shape index (κ3) is 11.7. The van der Waals surface area contributed by atoms with Gasteiger partial charge in [0.2, 0.25) is 5.91 Å². The van der Waals surface area contributed by atoms with Gasteiger partial charge in [-0.3, -0.25) is 4.79 Å². The monoisotopic (exact) mass is 491 g/mol. The third-order valence-electron chi connectivity index (χ3n) is 3.75. The van der Waals surface area contributed by atoms with Crippen molar-refractivity contribution in [3.05, 3.63) is 30.3 Å². The number of para-hydroxylation sites is 1. The normalized spacial score (nSPS) is 10.7. The quantitative estimate of drug-likeness (QED) is 0.180. The Kier molecular flexibility index (Phi) is 15.7. The second kappa shape index (κ2) is 16.6. The maximum Gasteiger partial charge on any atom is 0.241 e. The lowest BCUT2D eigenvalue weighted by molar-refractivity contribution is -0.119. The Hall–Kier alpha value is -1.55. The molecule has 3 N–H and O–H groups in total. The summed E-state index contributed by atoms with van der Waals surface area (Å²) in [6.07, 6.45) is 0.979. The van der Waals surface area contributed by atoms with E-state index < -0.39 is 0 Å². The van der Waals surface area contributed by atoms with E-state index in [0.717, 1.165) is 32.6 Å². The lowest BCUT2D eigenvalue weighted by Gasteiger charge is -2.23. The number of amides is 1. The summed E-state index contributed by atoms with van der Waals surface area (Å²) in [5.41, 5.74) is 1.24. The van der Waals surface area contributed by atoms with Crippen LogP contribution in [0.5, 0.6) is 0 Å². The molecule has 27 heavy (non-hydrogen) atoms. The molecule has 1 aromatic rings. The first-order valence-electron chi connectivity index (χ1n) is 9.29. The molecule has 154 valence electrons. The molecule has 1 aromatic carbocycles. The number of hydrogen-bond donors (Lipinski definition) is 3. The van der Waals surface area contributed by atoms with E-state index in [1.165, 1.54) is 5.69 Å². The van der Waals surface area contributed by atoms with Crippen molar-refractivity contribution >= 4 is 41.5 Å². The molecular formula is C19H34IN5O2. The summed E-state index contributed by atoms with van der Waals surface area (Å²) in [5.74, 6) is 0.553. The predicted molar refractivity (Wildman–Crippen MR) is 123 cm³/mol. The Bertz CT molecular complexity index is 528. The van der Waals surface area contributed by atoms with Gasteiger partial charge in [0.05, 0.1) is 6.61 Å². The molecule has 1 rings (SSSR count). The van der Waals surface area contributed by atoms with E-state index in [9.17, 15) is 4.79 Å². The van der Waals surface area contributed by atoms with Crippen LogP contribution in [0.15, 0.2) is 35.3 Å². The van der Waals surface area contributed by atoms with Crippen molar-refractivity contribution in [1.82, 2.24) is 16.0 Å². The van der Waals surface area contributed by atoms with Gasteiger partial charge in [-0.15, -0.1) is 24.0 Å². The Morgan fingerprint density at radius 1 is 1.11 bits per heavy atom. The van der Waals surface area contributed by atoms with Gasteiger partial charge >= 0.3 is 0 Å². The Morgan fingerprint density at radius 3 is 2.48 bits per heavy atom. The first-order chi connectivity index (χ1) is 12.7. The molecule has 0 spiro atoms. The van der Waals surface area contributed by atoms with Crippen LogP contribution >= 0.6 is 24.0 Å². The Morgan fingerprint density at radius 2 is 1.85 bits per heavy atom. The van der Waals surface area contributed by atoms with Crippen molar-refractivity contribution in [1.29, 1.82) is 0 Å². The van der Waals surface area contributed by atoms with Crippen molar-refractivity contribution in [2.45, 2.75) is 20.3 Å². The molecule has 0 saturated carbocycles. The van der Waals surface area contributed by atoms with Gasteiger partial charge in [0.15, 0.2) is 5.96 Å². The summed E-state index contributed by atoms with van der Waals surface area (Å²) in [6, 6.07) is 10.4. The van der Waals surface area contributed by atoms with Crippen LogP contribution in [0, 0.1) is 0 Å². The number of benzene rings is 1. The molecule has 0 saturated heterocycles. The smallest absolute Gasteiger partial charge is 0.241 e. The lowest BCUT2D eigenvalue weighted by atomic mass is 10.2. The highest BCUT2D eigenvalue weighted by Crippen LogP contribution is 2.12. The van der Waals surface area contributed by atoms with Gasteiger partial charge in [-0.1, -0.05) is 18.2 Å². The highest BCUT2D eigenvalue weighted by Gasteiger charge is 2.04. The standard InChI is InChI=1S/C19H33N5O2.HI/c1-4-20-19(23-16-18(25)21-13-15-26-3)22-12-9-14-24(5-2)17-10-7-6-8-11-17;/h6-8,10-11H,4-5,9,12-16H2,1-3H3,(H,21,25)(H2,20,22,23);1H. The molecule has 7 nitrogen and oxygen atoms in total. The van der Waals surface area contributed by atoms with Crippen molar-refractivity contribution < 1.29 is 9.53 Å². The average Bonchev–Trinajstić information content (AvgIpc) is 2.67. The zero-order valence-electron chi connectivity index (χ0n) is 16.7. The zero-order valence-corrected chi connectivity index (χ0v) is 19.0. The Balaban J connectivity index is 0.00000676. The molecule has 8 heteroatoms. The summed E-state index contributed by atoms with van der Waals surface area (Å²) in [4.78, 5) is 18.4. The molecule has 0 aliphatic rings. The largest absolute Gasteiger partial charge is 0.383 e. The van der Waals surface area contributed by atoms with Crippen LogP contribution in [0.4, 0.5) is 5.69 Å². The number of guanidine groups is 1. The van der Waals surface area contributed by atoms with Crippen LogP contribution in [0.3, 0.4) is 0 Å². The zero-order chi connectivity index (χ0) is 19.0. The molecule has 0 fully saturated rings. The number of aliphatic imine (C=N–C) groups is 1. The first-order valence-corrected chi connectivity index (χ1v) is 9.29. The second-order valence-electron chi connectivity index (χ2n) is 5.73. The number of carbonyl (C=O) groups is 1. The summed E-state index contributed by atoms with van der Waals surface area (Å²) >= 11 is 0. The van der Waals surface area contributed by atoms with Crippen molar-refractivity contribution in [3.8, 4) is 0 Å². The molecule has 0 aromatic heterocycles. The van der Waals surface area contributed by atoms with Gasteiger partial charge in [-0.2, -0.15) is 0 Å². The van der Waals surface area contributed by atoms with Crippen LogP contribution < -0.4 is 20.9 Å². The highest BCUT2D eigenvalue weighted by atomic mass is 127. The maximum atomic E-state index is 11.7. The van der Waals surface area contributed by atoms with Gasteiger partial charge < -0.3 is 25.6 Å². The van der Waals surface area contributed by atoms with Crippen molar-refractivity contribution in [2.24, 2.45) is 4.99 Å². The molecule has 0 radical (unpaired) electrons. The minimum atomic E-state index is -0.111.